The Morgan fingerprint density at radius 3 is 2.35 bits per heavy atom. The second kappa shape index (κ2) is 8.23. The number of ether oxygens (including phenoxy) is 1. The first-order chi connectivity index (χ1) is 12.5. The van der Waals surface area contributed by atoms with E-state index in [1.165, 1.54) is 0 Å². The summed E-state index contributed by atoms with van der Waals surface area (Å²) in [7, 11) is 0. The topological polar surface area (TPSA) is 58.6 Å². The van der Waals surface area contributed by atoms with Gasteiger partial charge in [-0.2, -0.15) is 0 Å². The predicted molar refractivity (Wildman–Crippen MR) is 102 cm³/mol. The molecule has 2 aromatic rings. The van der Waals surface area contributed by atoms with E-state index >= 15 is 0 Å². The van der Waals surface area contributed by atoms with Crippen LogP contribution in [-0.4, -0.2) is 29.8 Å². The minimum atomic E-state index is -0.0651. The Kier molecular flexibility index (Phi) is 5.78. The first kappa shape index (κ1) is 18.3. The second-order valence-electron chi connectivity index (χ2n) is 6.33. The molecular weight excluding hydrogens is 352 g/mol. The SMILES string of the molecule is CC(=O)N1CCC(C(=O)Nc2ccc(Oc3ccccc3Cl)cc2)CC1. The molecule has 6 heteroatoms. The molecule has 0 aliphatic carbocycles. The number of halogens is 1. The molecule has 0 bridgehead atoms. The average molecular weight is 373 g/mol. The lowest BCUT2D eigenvalue weighted by atomic mass is 9.96. The number of hydrogen-bond donors (Lipinski definition) is 1. The zero-order chi connectivity index (χ0) is 18.5. The Labute approximate surface area is 157 Å². The van der Waals surface area contributed by atoms with E-state index in [1.807, 2.05) is 12.1 Å². The largest absolute Gasteiger partial charge is 0.456 e. The summed E-state index contributed by atoms with van der Waals surface area (Å²) >= 11 is 6.08. The van der Waals surface area contributed by atoms with Crippen molar-refractivity contribution < 1.29 is 14.3 Å². The number of carbonyl (C=O) groups excluding carboxylic acids is 2. The van der Waals surface area contributed by atoms with Crippen LogP contribution < -0.4 is 10.1 Å². The maximum Gasteiger partial charge on any atom is 0.227 e. The molecule has 0 radical (unpaired) electrons. The Morgan fingerprint density at radius 1 is 1.08 bits per heavy atom. The van der Waals surface area contributed by atoms with Gasteiger partial charge in [0.05, 0.1) is 5.02 Å². The molecule has 0 aromatic heterocycles. The number of benzene rings is 2. The molecule has 1 fully saturated rings. The highest BCUT2D eigenvalue weighted by Gasteiger charge is 2.25. The van der Waals surface area contributed by atoms with E-state index in [4.69, 9.17) is 16.3 Å². The predicted octanol–water partition coefficient (Wildman–Crippen LogP) is 4.33. The summed E-state index contributed by atoms with van der Waals surface area (Å²) in [6.45, 7) is 2.84. The summed E-state index contributed by atoms with van der Waals surface area (Å²) in [5, 5.41) is 3.48. The Hall–Kier alpha value is -2.53. The maximum atomic E-state index is 12.4. The summed E-state index contributed by atoms with van der Waals surface area (Å²) in [6.07, 6.45) is 1.39. The standard InChI is InChI=1S/C20H21ClN2O3/c1-14(24)23-12-10-15(11-13-23)20(25)22-16-6-8-17(9-7-16)26-19-5-3-2-4-18(19)21/h2-9,15H,10-13H2,1H3,(H,22,25). The number of rotatable bonds is 4. The van der Waals surface area contributed by atoms with Crippen LogP contribution in [0.5, 0.6) is 11.5 Å². The number of carbonyl (C=O) groups is 2. The molecule has 1 aliphatic rings. The van der Waals surface area contributed by atoms with E-state index in [9.17, 15) is 9.59 Å². The van der Waals surface area contributed by atoms with Gasteiger partial charge in [-0.1, -0.05) is 23.7 Å². The van der Waals surface area contributed by atoms with Gasteiger partial charge in [-0.3, -0.25) is 9.59 Å². The molecule has 2 aromatic carbocycles. The van der Waals surface area contributed by atoms with Crippen LogP contribution in [0.2, 0.25) is 5.02 Å². The molecule has 0 atom stereocenters. The third-order valence-electron chi connectivity index (χ3n) is 4.50. The fourth-order valence-electron chi connectivity index (χ4n) is 2.96. The van der Waals surface area contributed by atoms with Crippen molar-refractivity contribution in [1.82, 2.24) is 4.90 Å². The fourth-order valence-corrected chi connectivity index (χ4v) is 3.14. The minimum Gasteiger partial charge on any atom is -0.456 e. The van der Waals surface area contributed by atoms with Crippen LogP contribution in [-0.2, 0) is 9.59 Å². The quantitative estimate of drug-likeness (QED) is 0.869. The fraction of sp³-hybridized carbons (Fsp3) is 0.300. The molecule has 0 spiro atoms. The lowest BCUT2D eigenvalue weighted by Crippen LogP contribution is -2.40. The van der Waals surface area contributed by atoms with E-state index in [1.54, 1.807) is 48.2 Å². The summed E-state index contributed by atoms with van der Waals surface area (Å²) in [6, 6.07) is 14.4. The van der Waals surface area contributed by atoms with Gasteiger partial charge in [0.15, 0.2) is 0 Å². The van der Waals surface area contributed by atoms with Crippen LogP contribution in [0.1, 0.15) is 19.8 Å². The summed E-state index contributed by atoms with van der Waals surface area (Å²) in [5.41, 5.74) is 0.718. The number of para-hydroxylation sites is 1. The van der Waals surface area contributed by atoms with Crippen molar-refractivity contribution >= 4 is 29.1 Å². The normalized spacial score (nSPS) is 14.8. The van der Waals surface area contributed by atoms with Gasteiger partial charge in [0.25, 0.3) is 0 Å². The molecule has 136 valence electrons. The van der Waals surface area contributed by atoms with Crippen molar-refractivity contribution in [3.8, 4) is 11.5 Å². The molecule has 1 heterocycles. The second-order valence-corrected chi connectivity index (χ2v) is 6.73. The molecule has 5 nitrogen and oxygen atoms in total. The van der Waals surface area contributed by atoms with Crippen molar-refractivity contribution in [2.24, 2.45) is 5.92 Å². The first-order valence-corrected chi connectivity index (χ1v) is 8.99. The average Bonchev–Trinajstić information content (AvgIpc) is 2.65. The first-order valence-electron chi connectivity index (χ1n) is 8.62. The van der Waals surface area contributed by atoms with Gasteiger partial charge in [-0.15, -0.1) is 0 Å². The molecule has 0 unspecified atom stereocenters. The highest BCUT2D eigenvalue weighted by atomic mass is 35.5. The number of piperidine rings is 1. The van der Waals surface area contributed by atoms with E-state index in [2.05, 4.69) is 5.32 Å². The van der Waals surface area contributed by atoms with E-state index in [0.29, 0.717) is 42.5 Å². The molecular formula is C20H21ClN2O3. The van der Waals surface area contributed by atoms with E-state index in [0.717, 1.165) is 5.69 Å². The van der Waals surface area contributed by atoms with E-state index in [-0.39, 0.29) is 17.7 Å². The van der Waals surface area contributed by atoms with Crippen LogP contribution in [0.4, 0.5) is 5.69 Å². The number of nitrogens with one attached hydrogen (secondary N) is 1. The summed E-state index contributed by atoms with van der Waals surface area (Å²) in [5.74, 6) is 1.23. The maximum absolute atomic E-state index is 12.4. The van der Waals surface area contributed by atoms with Crippen molar-refractivity contribution in [2.75, 3.05) is 18.4 Å². The molecule has 26 heavy (non-hydrogen) atoms. The van der Waals surface area contributed by atoms with Gasteiger partial charge in [0.2, 0.25) is 11.8 Å². The molecule has 2 amide bonds. The molecule has 3 rings (SSSR count). The third-order valence-corrected chi connectivity index (χ3v) is 4.81. The third kappa shape index (κ3) is 4.55. The van der Waals surface area contributed by atoms with Crippen LogP contribution in [0.15, 0.2) is 48.5 Å². The van der Waals surface area contributed by atoms with Gasteiger partial charge in [0.1, 0.15) is 11.5 Å². The highest BCUT2D eigenvalue weighted by Crippen LogP contribution is 2.29. The summed E-state index contributed by atoms with van der Waals surface area (Å²) < 4.78 is 5.74. The van der Waals surface area contributed by atoms with Crippen LogP contribution in [0.3, 0.4) is 0 Å². The highest BCUT2D eigenvalue weighted by molar-refractivity contribution is 6.32. The van der Waals surface area contributed by atoms with Crippen LogP contribution >= 0.6 is 11.6 Å². The smallest absolute Gasteiger partial charge is 0.227 e. The molecule has 1 aliphatic heterocycles. The van der Waals surface area contributed by atoms with Gasteiger partial charge in [-0.25, -0.2) is 0 Å². The van der Waals surface area contributed by atoms with Crippen molar-refractivity contribution in [2.45, 2.75) is 19.8 Å². The number of anilines is 1. The molecule has 0 saturated carbocycles. The Balaban J connectivity index is 1.55. The number of amides is 2. The Morgan fingerprint density at radius 2 is 1.73 bits per heavy atom. The number of nitrogens with zero attached hydrogens (tertiary/aromatic N) is 1. The van der Waals surface area contributed by atoms with Gasteiger partial charge >= 0.3 is 0 Å². The minimum absolute atomic E-state index is 0.00651. The van der Waals surface area contributed by atoms with E-state index < -0.39 is 0 Å². The lowest BCUT2D eigenvalue weighted by molar-refractivity contribution is -0.132. The molecule has 1 saturated heterocycles. The van der Waals surface area contributed by atoms with Crippen molar-refractivity contribution in [1.29, 1.82) is 0 Å². The molecule has 1 N–H and O–H groups in total. The number of likely N-dealkylation sites (tertiary alicyclic amines) is 1. The lowest BCUT2D eigenvalue weighted by Gasteiger charge is -2.30. The van der Waals surface area contributed by atoms with Crippen molar-refractivity contribution in [3.63, 3.8) is 0 Å². The monoisotopic (exact) mass is 372 g/mol. The van der Waals surface area contributed by atoms with Crippen LogP contribution in [0, 0.1) is 5.92 Å². The van der Waals surface area contributed by atoms with Crippen molar-refractivity contribution in [3.05, 3.63) is 53.6 Å². The number of hydrogen-bond acceptors (Lipinski definition) is 3. The zero-order valence-electron chi connectivity index (χ0n) is 14.6. The summed E-state index contributed by atoms with van der Waals surface area (Å²) in [4.78, 5) is 25.5. The van der Waals surface area contributed by atoms with Crippen LogP contribution in [0.25, 0.3) is 0 Å². The van der Waals surface area contributed by atoms with Gasteiger partial charge in [0, 0.05) is 31.6 Å². The Bertz CT molecular complexity index is 784. The van der Waals surface area contributed by atoms with Gasteiger partial charge in [-0.05, 0) is 49.2 Å². The van der Waals surface area contributed by atoms with Gasteiger partial charge < -0.3 is 15.0 Å². The zero-order valence-corrected chi connectivity index (χ0v) is 15.3.